The molecule has 0 aliphatic carbocycles. The van der Waals surface area contributed by atoms with Crippen molar-refractivity contribution in [2.45, 2.75) is 26.2 Å². The molecule has 16 heavy (non-hydrogen) atoms. The molecule has 86 valence electrons. The summed E-state index contributed by atoms with van der Waals surface area (Å²) >= 11 is 0. The molecule has 4 nitrogen and oxygen atoms in total. The molecule has 3 N–H and O–H groups in total. The molecule has 0 saturated carbocycles. The largest absolute Gasteiger partial charge is 1.00 e. The molecule has 0 bridgehead atoms. The molecular formula is C10H16LiO4P. The summed E-state index contributed by atoms with van der Waals surface area (Å²) in [6.07, 6.45) is 0. The maximum absolute atomic E-state index is 8.88. The molecule has 6 heteroatoms. The van der Waals surface area contributed by atoms with Crippen LogP contribution in [-0.4, -0.2) is 14.7 Å². The molecule has 0 saturated heterocycles. The summed E-state index contributed by atoms with van der Waals surface area (Å²) < 4.78 is 8.88. The van der Waals surface area contributed by atoms with Crippen LogP contribution in [0.25, 0.3) is 0 Å². The number of hydrogen-bond donors (Lipinski definition) is 3. The Morgan fingerprint density at radius 1 is 1.12 bits per heavy atom. The van der Waals surface area contributed by atoms with Gasteiger partial charge in [-0.2, -0.15) is 35.9 Å². The number of phosphoric acid groups is 1. The van der Waals surface area contributed by atoms with E-state index in [9.17, 15) is 0 Å². The summed E-state index contributed by atoms with van der Waals surface area (Å²) in [5, 5.41) is 0. The van der Waals surface area contributed by atoms with Crippen LogP contribution in [0.4, 0.5) is 0 Å². The van der Waals surface area contributed by atoms with E-state index >= 15 is 0 Å². The zero-order chi connectivity index (χ0) is 12.1. The van der Waals surface area contributed by atoms with Crippen LogP contribution in [-0.2, 0) is 9.98 Å². The van der Waals surface area contributed by atoms with Gasteiger partial charge in [-0.15, -0.1) is 0 Å². The average Bonchev–Trinajstić information content (AvgIpc) is 2.01. The predicted octanol–water partition coefficient (Wildman–Crippen LogP) is -1.14. The van der Waals surface area contributed by atoms with Gasteiger partial charge in [0.05, 0.1) is 0 Å². The summed E-state index contributed by atoms with van der Waals surface area (Å²) in [6.45, 7) is 6.63. The fraction of sp³-hybridized carbons (Fsp3) is 0.400. The summed E-state index contributed by atoms with van der Waals surface area (Å²) in [5.41, 5.74) is 1.64. The molecule has 0 aliphatic rings. The number of hydrogen-bond acceptors (Lipinski definition) is 1. The molecule has 1 rings (SSSR count). The molecule has 0 fully saturated rings. The van der Waals surface area contributed by atoms with E-state index in [0.717, 1.165) is 0 Å². The third-order valence-electron chi connectivity index (χ3n) is 1.58. The minimum absolute atomic E-state index is 0. The molecule has 0 aliphatic heterocycles. The first-order valence-electron chi connectivity index (χ1n) is 4.35. The SMILES string of the molecule is CC(C)(C)c1cc[c-]cc1.O=P(O)(O)O.[Li+]. The Morgan fingerprint density at radius 2 is 1.44 bits per heavy atom. The van der Waals surface area contributed by atoms with E-state index in [0.29, 0.717) is 0 Å². The van der Waals surface area contributed by atoms with Gasteiger partial charge in [-0.25, -0.2) is 4.57 Å². The van der Waals surface area contributed by atoms with E-state index in [-0.39, 0.29) is 24.3 Å². The third kappa shape index (κ3) is 12.0. The number of rotatable bonds is 0. The van der Waals surface area contributed by atoms with Crippen molar-refractivity contribution >= 4 is 7.82 Å². The molecule has 0 aromatic heterocycles. The van der Waals surface area contributed by atoms with E-state index in [4.69, 9.17) is 19.2 Å². The third-order valence-corrected chi connectivity index (χ3v) is 1.58. The predicted molar refractivity (Wildman–Crippen MR) is 58.2 cm³/mol. The maximum atomic E-state index is 8.88. The van der Waals surface area contributed by atoms with Gasteiger partial charge in [-0.3, -0.25) is 0 Å². The van der Waals surface area contributed by atoms with Crippen molar-refractivity contribution in [3.05, 3.63) is 35.9 Å². The first-order chi connectivity index (χ1) is 6.61. The van der Waals surface area contributed by atoms with E-state index in [1.165, 1.54) is 5.56 Å². The maximum Gasteiger partial charge on any atom is 1.00 e. The molecule has 0 radical (unpaired) electrons. The van der Waals surface area contributed by atoms with Gasteiger partial charge in [0.2, 0.25) is 0 Å². The second kappa shape index (κ2) is 7.29. The van der Waals surface area contributed by atoms with Crippen LogP contribution in [0.15, 0.2) is 24.3 Å². The Kier molecular flexibility index (Phi) is 8.34. The summed E-state index contributed by atoms with van der Waals surface area (Å²) in [7, 11) is -4.64. The second-order valence-corrected chi connectivity index (χ2v) is 5.08. The molecule has 0 amide bonds. The normalized spacial score (nSPS) is 10.9. The van der Waals surface area contributed by atoms with Crippen molar-refractivity contribution in [3.63, 3.8) is 0 Å². The van der Waals surface area contributed by atoms with Crippen LogP contribution in [0.1, 0.15) is 26.3 Å². The fourth-order valence-corrected chi connectivity index (χ4v) is 0.887. The first-order valence-corrected chi connectivity index (χ1v) is 5.92. The van der Waals surface area contributed by atoms with Gasteiger partial charge >= 0.3 is 26.7 Å². The van der Waals surface area contributed by atoms with Crippen molar-refractivity contribution < 1.29 is 38.1 Å². The Labute approximate surface area is 108 Å². The van der Waals surface area contributed by atoms with Crippen LogP contribution in [0, 0.1) is 6.07 Å². The second-order valence-electron chi connectivity index (χ2n) is 4.05. The van der Waals surface area contributed by atoms with E-state index in [1.54, 1.807) is 0 Å². The minimum Gasteiger partial charge on any atom is -0.303 e. The number of benzene rings is 1. The van der Waals surface area contributed by atoms with E-state index in [1.807, 2.05) is 12.1 Å². The van der Waals surface area contributed by atoms with Crippen molar-refractivity contribution in [1.29, 1.82) is 0 Å². The summed E-state index contributed by atoms with van der Waals surface area (Å²) in [5.74, 6) is 0. The molecule has 0 spiro atoms. The van der Waals surface area contributed by atoms with Gasteiger partial charge in [-0.05, 0) is 5.41 Å². The van der Waals surface area contributed by atoms with Gasteiger partial charge in [0.1, 0.15) is 0 Å². The smallest absolute Gasteiger partial charge is 0.303 e. The average molecular weight is 238 g/mol. The van der Waals surface area contributed by atoms with Crippen LogP contribution < -0.4 is 18.9 Å². The van der Waals surface area contributed by atoms with Gasteiger partial charge in [0, 0.05) is 0 Å². The molecule has 1 aromatic carbocycles. The monoisotopic (exact) mass is 238 g/mol. The molecule has 0 unspecified atom stereocenters. The van der Waals surface area contributed by atoms with Crippen LogP contribution in [0.3, 0.4) is 0 Å². The Morgan fingerprint density at radius 3 is 1.62 bits per heavy atom. The summed E-state index contributed by atoms with van der Waals surface area (Å²) in [4.78, 5) is 21.6. The van der Waals surface area contributed by atoms with E-state index < -0.39 is 7.82 Å². The van der Waals surface area contributed by atoms with E-state index in [2.05, 4.69) is 39.0 Å². The van der Waals surface area contributed by atoms with Gasteiger partial charge in [0.25, 0.3) is 0 Å². The first kappa shape index (κ1) is 18.3. The Bertz CT molecular complexity index is 320. The topological polar surface area (TPSA) is 77.8 Å². The fourth-order valence-electron chi connectivity index (χ4n) is 0.887. The standard InChI is InChI=1S/C10H13.Li.H3O4P/c1-10(2,3)9-7-5-4-6-8-9;;1-5(2,3)4/h5-8H,1-3H3;;(H3,1,2,3,4)/q-1;+1;. The van der Waals surface area contributed by atoms with Gasteiger partial charge in [-0.1, -0.05) is 20.8 Å². The Balaban J connectivity index is 0. The van der Waals surface area contributed by atoms with Gasteiger partial charge < -0.3 is 14.7 Å². The summed E-state index contributed by atoms with van der Waals surface area (Å²) in [6, 6.07) is 11.1. The van der Waals surface area contributed by atoms with Crippen molar-refractivity contribution in [1.82, 2.24) is 0 Å². The van der Waals surface area contributed by atoms with Crippen LogP contribution >= 0.6 is 7.82 Å². The molecule has 1 aromatic rings. The molecule has 0 atom stereocenters. The molecular weight excluding hydrogens is 222 g/mol. The van der Waals surface area contributed by atoms with Gasteiger partial charge in [0.15, 0.2) is 0 Å². The zero-order valence-corrected chi connectivity index (χ0v) is 10.9. The van der Waals surface area contributed by atoms with Crippen molar-refractivity contribution in [2.24, 2.45) is 0 Å². The molecule has 0 heterocycles. The minimum atomic E-state index is -4.64. The zero-order valence-electron chi connectivity index (χ0n) is 10.0. The van der Waals surface area contributed by atoms with Crippen molar-refractivity contribution in [2.75, 3.05) is 0 Å². The quantitative estimate of drug-likeness (QED) is 0.303. The van der Waals surface area contributed by atoms with Crippen LogP contribution in [0.2, 0.25) is 0 Å². The van der Waals surface area contributed by atoms with Crippen molar-refractivity contribution in [3.8, 4) is 0 Å². The van der Waals surface area contributed by atoms with Crippen LogP contribution in [0.5, 0.6) is 0 Å². The Hall–Kier alpha value is -0.0726.